The first-order valence-corrected chi connectivity index (χ1v) is 6.74. The second-order valence-electron chi connectivity index (χ2n) is 5.08. The third-order valence-corrected chi connectivity index (χ3v) is 3.15. The van der Waals surface area contributed by atoms with Gasteiger partial charge in [0.2, 0.25) is 0 Å². The van der Waals surface area contributed by atoms with Gasteiger partial charge >= 0.3 is 0 Å². The number of alkyl halides is 2. The van der Waals surface area contributed by atoms with E-state index in [2.05, 4.69) is 0 Å². The van der Waals surface area contributed by atoms with Gasteiger partial charge in [-0.3, -0.25) is 4.79 Å². The van der Waals surface area contributed by atoms with E-state index in [0.29, 0.717) is 0 Å². The van der Waals surface area contributed by atoms with Gasteiger partial charge in [-0.1, -0.05) is 23.2 Å². The van der Waals surface area contributed by atoms with E-state index in [9.17, 15) is 19.2 Å². The molecule has 0 aliphatic heterocycles. The minimum Gasteiger partial charge on any atom is -0.300 e. The van der Waals surface area contributed by atoms with Crippen LogP contribution in [-0.2, 0) is 19.2 Å². The van der Waals surface area contributed by atoms with E-state index in [4.69, 9.17) is 23.2 Å². The van der Waals surface area contributed by atoms with Gasteiger partial charge in [-0.05, 0) is 26.2 Å². The Morgan fingerprint density at radius 3 is 1.32 bits per heavy atom. The second kappa shape index (κ2) is 7.75. The molecule has 0 rings (SSSR count). The van der Waals surface area contributed by atoms with Crippen molar-refractivity contribution < 1.29 is 19.2 Å². The quantitative estimate of drug-likeness (QED) is 0.614. The molecular weight excluding hydrogens is 291 g/mol. The Morgan fingerprint density at radius 2 is 1.11 bits per heavy atom. The smallest absolute Gasteiger partial charge is 0.166 e. The Labute approximate surface area is 122 Å². The van der Waals surface area contributed by atoms with Crippen molar-refractivity contribution in [3.05, 3.63) is 0 Å². The van der Waals surface area contributed by atoms with Crippen LogP contribution >= 0.6 is 23.2 Å². The standard InChI is InChI=1S/C13H18Cl2O4/c1-8(16)4-13(5-9(2)17,6-10(3)18)7-11(19)12(14)15/h12H,4-7H2,1-3H3. The van der Waals surface area contributed by atoms with E-state index in [0.717, 1.165) is 0 Å². The van der Waals surface area contributed by atoms with E-state index < -0.39 is 16.0 Å². The van der Waals surface area contributed by atoms with Crippen LogP contribution in [0.15, 0.2) is 0 Å². The van der Waals surface area contributed by atoms with Crippen molar-refractivity contribution in [3.63, 3.8) is 0 Å². The first-order valence-electron chi connectivity index (χ1n) is 5.87. The largest absolute Gasteiger partial charge is 0.300 e. The second-order valence-corrected chi connectivity index (χ2v) is 6.18. The van der Waals surface area contributed by atoms with Gasteiger partial charge in [0.1, 0.15) is 17.3 Å². The maximum atomic E-state index is 11.7. The van der Waals surface area contributed by atoms with Crippen LogP contribution in [0.5, 0.6) is 0 Å². The lowest BCUT2D eigenvalue weighted by Crippen LogP contribution is -2.33. The molecule has 108 valence electrons. The highest BCUT2D eigenvalue weighted by Crippen LogP contribution is 2.37. The van der Waals surface area contributed by atoms with Crippen molar-refractivity contribution in [1.82, 2.24) is 0 Å². The number of Topliss-reactive ketones (excluding diaryl/α,β-unsaturated/α-hetero) is 4. The molecular formula is C13H18Cl2O4. The lowest BCUT2D eigenvalue weighted by molar-refractivity contribution is -0.128. The van der Waals surface area contributed by atoms with Crippen molar-refractivity contribution in [1.29, 1.82) is 0 Å². The molecule has 0 N–H and O–H groups in total. The molecule has 0 saturated carbocycles. The summed E-state index contributed by atoms with van der Waals surface area (Å²) in [6.07, 6.45) is -0.196. The monoisotopic (exact) mass is 308 g/mol. The first-order chi connectivity index (χ1) is 8.58. The van der Waals surface area contributed by atoms with Crippen molar-refractivity contribution in [2.45, 2.75) is 51.3 Å². The highest BCUT2D eigenvalue weighted by Gasteiger charge is 2.37. The number of carbonyl (C=O) groups excluding carboxylic acids is 4. The van der Waals surface area contributed by atoms with Crippen molar-refractivity contribution in [2.24, 2.45) is 5.41 Å². The van der Waals surface area contributed by atoms with Gasteiger partial charge in [-0.25, -0.2) is 0 Å². The molecule has 19 heavy (non-hydrogen) atoms. The molecule has 6 heteroatoms. The summed E-state index contributed by atoms with van der Waals surface area (Å²) in [5, 5.41) is 0. The molecule has 0 aromatic heterocycles. The number of hydrogen-bond acceptors (Lipinski definition) is 4. The summed E-state index contributed by atoms with van der Waals surface area (Å²) >= 11 is 11.0. The van der Waals surface area contributed by atoms with Crippen LogP contribution in [0.2, 0.25) is 0 Å². The third kappa shape index (κ3) is 7.43. The van der Waals surface area contributed by atoms with Crippen LogP contribution in [0.3, 0.4) is 0 Å². The summed E-state index contributed by atoms with van der Waals surface area (Å²) < 4.78 is 0. The summed E-state index contributed by atoms with van der Waals surface area (Å²) in [4.78, 5) is 44.6. The zero-order chi connectivity index (χ0) is 15.2. The molecule has 0 unspecified atom stereocenters. The summed E-state index contributed by atoms with van der Waals surface area (Å²) in [6.45, 7) is 4.08. The van der Waals surface area contributed by atoms with Gasteiger partial charge in [0.15, 0.2) is 10.6 Å². The van der Waals surface area contributed by atoms with Crippen LogP contribution in [0.1, 0.15) is 46.5 Å². The Hall–Kier alpha value is -0.740. The topological polar surface area (TPSA) is 68.3 Å². The fourth-order valence-corrected chi connectivity index (χ4v) is 2.56. The van der Waals surface area contributed by atoms with E-state index in [1.807, 2.05) is 0 Å². The molecule has 0 aromatic rings. The molecule has 0 saturated heterocycles. The van der Waals surface area contributed by atoms with E-state index in [1.54, 1.807) is 0 Å². The Bertz CT molecular complexity index is 347. The van der Waals surface area contributed by atoms with E-state index in [1.165, 1.54) is 20.8 Å². The molecule has 0 heterocycles. The van der Waals surface area contributed by atoms with Gasteiger partial charge in [0, 0.05) is 25.7 Å². The van der Waals surface area contributed by atoms with E-state index >= 15 is 0 Å². The average molecular weight is 309 g/mol. The molecule has 0 amide bonds. The van der Waals surface area contributed by atoms with Gasteiger partial charge < -0.3 is 14.4 Å². The number of hydrogen-bond donors (Lipinski definition) is 0. The molecule has 0 aliphatic rings. The zero-order valence-electron chi connectivity index (χ0n) is 11.3. The lowest BCUT2D eigenvalue weighted by atomic mass is 9.71. The molecule has 0 aliphatic carbocycles. The summed E-state index contributed by atoms with van der Waals surface area (Å²) in [6, 6.07) is 0. The highest BCUT2D eigenvalue weighted by atomic mass is 35.5. The van der Waals surface area contributed by atoms with Crippen LogP contribution in [0, 0.1) is 5.41 Å². The Kier molecular flexibility index (Phi) is 7.45. The maximum absolute atomic E-state index is 11.7. The summed E-state index contributed by atoms with van der Waals surface area (Å²) in [5.74, 6) is -1.03. The fourth-order valence-electron chi connectivity index (χ4n) is 2.41. The van der Waals surface area contributed by atoms with Gasteiger partial charge in [0.05, 0.1) is 0 Å². The van der Waals surface area contributed by atoms with Gasteiger partial charge in [-0.2, -0.15) is 0 Å². The van der Waals surface area contributed by atoms with Crippen LogP contribution in [0.4, 0.5) is 0 Å². The van der Waals surface area contributed by atoms with Crippen molar-refractivity contribution in [2.75, 3.05) is 0 Å². The maximum Gasteiger partial charge on any atom is 0.166 e. The van der Waals surface area contributed by atoms with Crippen LogP contribution in [0.25, 0.3) is 0 Å². The molecule has 0 radical (unpaired) electrons. The zero-order valence-corrected chi connectivity index (χ0v) is 12.8. The number of carbonyl (C=O) groups is 4. The van der Waals surface area contributed by atoms with E-state index in [-0.39, 0.29) is 43.0 Å². The van der Waals surface area contributed by atoms with Crippen molar-refractivity contribution >= 4 is 46.3 Å². The number of rotatable bonds is 9. The Balaban J connectivity index is 5.32. The first kappa shape index (κ1) is 18.3. The number of ketones is 4. The number of halogens is 2. The van der Waals surface area contributed by atoms with Gasteiger partial charge in [-0.15, -0.1) is 0 Å². The minimum atomic E-state index is -1.22. The molecule has 0 aromatic carbocycles. The third-order valence-electron chi connectivity index (χ3n) is 2.66. The minimum absolute atomic E-state index is 0.0155. The molecule has 4 nitrogen and oxygen atoms in total. The van der Waals surface area contributed by atoms with Crippen LogP contribution in [-0.4, -0.2) is 28.0 Å². The molecule has 0 bridgehead atoms. The normalized spacial score (nSPS) is 11.5. The summed E-state index contributed by atoms with van der Waals surface area (Å²) in [5.41, 5.74) is -0.997. The molecule has 0 atom stereocenters. The Morgan fingerprint density at radius 1 is 0.789 bits per heavy atom. The van der Waals surface area contributed by atoms with Crippen molar-refractivity contribution in [3.8, 4) is 0 Å². The molecule has 0 fully saturated rings. The summed E-state index contributed by atoms with van der Waals surface area (Å²) in [7, 11) is 0. The van der Waals surface area contributed by atoms with Gasteiger partial charge in [0.25, 0.3) is 0 Å². The molecule has 0 spiro atoms. The van der Waals surface area contributed by atoms with Crippen LogP contribution < -0.4 is 0 Å². The predicted molar refractivity (Wildman–Crippen MR) is 73.4 cm³/mol. The highest BCUT2D eigenvalue weighted by molar-refractivity contribution is 6.53. The lowest BCUT2D eigenvalue weighted by Gasteiger charge is -2.31. The average Bonchev–Trinajstić information content (AvgIpc) is 2.12. The SMILES string of the molecule is CC(=O)CC(CC(C)=O)(CC(C)=O)CC(=O)C(Cl)Cl. The fraction of sp³-hybridized carbons (Fsp3) is 0.692. The predicted octanol–water partition coefficient (Wildman–Crippen LogP) is 2.67.